The van der Waals surface area contributed by atoms with Gasteiger partial charge in [0.25, 0.3) is 0 Å². The van der Waals surface area contributed by atoms with E-state index in [1.54, 1.807) is 0 Å². The number of rotatable bonds is 5. The van der Waals surface area contributed by atoms with Gasteiger partial charge in [0.05, 0.1) is 11.1 Å². The van der Waals surface area contributed by atoms with E-state index in [2.05, 4.69) is 10.3 Å². The first-order valence-corrected chi connectivity index (χ1v) is 7.72. The van der Waals surface area contributed by atoms with Gasteiger partial charge in [-0.05, 0) is 25.0 Å². The Labute approximate surface area is 129 Å². The molecule has 0 saturated carbocycles. The number of carbonyl (C=O) groups excluding carboxylic acids is 1. The third-order valence-electron chi connectivity index (χ3n) is 4.40. The average molecular weight is 302 g/mol. The quantitative estimate of drug-likeness (QED) is 0.854. The lowest BCUT2D eigenvalue weighted by molar-refractivity contribution is -0.135. The minimum Gasteiger partial charge on any atom is -0.381 e. The first-order valence-electron chi connectivity index (χ1n) is 7.72. The number of ether oxygens (including phenoxy) is 1. The number of hydrogen-bond donors (Lipinski definition) is 2. The molecule has 0 spiro atoms. The van der Waals surface area contributed by atoms with E-state index < -0.39 is 5.41 Å². The fraction of sp³-hybridized carbons (Fsp3) is 0.500. The number of nitrogens with two attached hydrogens (primary N) is 1. The van der Waals surface area contributed by atoms with Crippen LogP contribution in [0.15, 0.2) is 30.6 Å². The molecule has 0 aliphatic carbocycles. The topological polar surface area (TPSA) is 81.7 Å². The Bertz CT molecular complexity index is 613. The van der Waals surface area contributed by atoms with Crippen molar-refractivity contribution in [1.82, 2.24) is 14.7 Å². The molecule has 0 unspecified atom stereocenters. The van der Waals surface area contributed by atoms with Crippen molar-refractivity contribution in [2.24, 2.45) is 11.1 Å². The summed E-state index contributed by atoms with van der Waals surface area (Å²) < 4.78 is 7.32. The molecule has 1 aliphatic heterocycles. The van der Waals surface area contributed by atoms with Crippen LogP contribution in [0.1, 0.15) is 18.5 Å². The average Bonchev–Trinajstić information content (AvgIpc) is 2.98. The summed E-state index contributed by atoms with van der Waals surface area (Å²) in [4.78, 5) is 17.0. The monoisotopic (exact) mass is 302 g/mol. The van der Waals surface area contributed by atoms with Crippen LogP contribution in [0.25, 0.3) is 5.65 Å². The van der Waals surface area contributed by atoms with Gasteiger partial charge in [-0.25, -0.2) is 4.98 Å². The molecule has 6 nitrogen and oxygen atoms in total. The molecule has 3 N–H and O–H groups in total. The Morgan fingerprint density at radius 2 is 2.23 bits per heavy atom. The number of aromatic nitrogens is 2. The van der Waals surface area contributed by atoms with Crippen LogP contribution in [0.5, 0.6) is 0 Å². The van der Waals surface area contributed by atoms with Crippen LogP contribution < -0.4 is 11.1 Å². The van der Waals surface area contributed by atoms with Crippen molar-refractivity contribution in [2.45, 2.75) is 19.3 Å². The van der Waals surface area contributed by atoms with E-state index >= 15 is 0 Å². The van der Waals surface area contributed by atoms with E-state index in [-0.39, 0.29) is 5.91 Å². The zero-order valence-corrected chi connectivity index (χ0v) is 12.6. The fourth-order valence-corrected chi connectivity index (χ4v) is 2.89. The summed E-state index contributed by atoms with van der Waals surface area (Å²) in [5.41, 5.74) is 7.28. The lowest BCUT2D eigenvalue weighted by Gasteiger charge is -2.34. The van der Waals surface area contributed by atoms with E-state index in [0.29, 0.717) is 45.6 Å². The second-order valence-corrected chi connectivity index (χ2v) is 5.80. The van der Waals surface area contributed by atoms with Crippen molar-refractivity contribution < 1.29 is 9.53 Å². The molecule has 1 fully saturated rings. The van der Waals surface area contributed by atoms with E-state index in [9.17, 15) is 4.79 Å². The summed E-state index contributed by atoms with van der Waals surface area (Å²) in [5, 5.41) is 3.01. The van der Waals surface area contributed by atoms with Gasteiger partial charge in [0, 0.05) is 45.1 Å². The molecule has 2 aromatic heterocycles. The van der Waals surface area contributed by atoms with Gasteiger partial charge in [0.2, 0.25) is 5.91 Å². The summed E-state index contributed by atoms with van der Waals surface area (Å²) in [6.45, 7) is 2.16. The van der Waals surface area contributed by atoms with Gasteiger partial charge in [-0.1, -0.05) is 6.07 Å². The molecule has 3 rings (SSSR count). The van der Waals surface area contributed by atoms with Gasteiger partial charge < -0.3 is 20.2 Å². The number of pyridine rings is 1. The van der Waals surface area contributed by atoms with Crippen molar-refractivity contribution >= 4 is 11.6 Å². The van der Waals surface area contributed by atoms with Crippen LogP contribution in [0, 0.1) is 5.41 Å². The molecule has 0 bridgehead atoms. The van der Waals surface area contributed by atoms with E-state index in [0.717, 1.165) is 11.3 Å². The van der Waals surface area contributed by atoms with Gasteiger partial charge in [-0.3, -0.25) is 4.79 Å². The van der Waals surface area contributed by atoms with Crippen LogP contribution in [0.2, 0.25) is 0 Å². The zero-order valence-electron chi connectivity index (χ0n) is 12.6. The lowest BCUT2D eigenvalue weighted by Crippen LogP contribution is -2.49. The van der Waals surface area contributed by atoms with Crippen molar-refractivity contribution in [2.75, 3.05) is 26.3 Å². The smallest absolute Gasteiger partial charge is 0.227 e. The maximum Gasteiger partial charge on any atom is 0.227 e. The molecular formula is C16H22N4O2. The SMILES string of the molecule is NCC1(C(=O)NCCc2cn3ccccc3n2)CCOCC1. The second kappa shape index (κ2) is 6.46. The van der Waals surface area contributed by atoms with Gasteiger partial charge in [0.15, 0.2) is 0 Å². The second-order valence-electron chi connectivity index (χ2n) is 5.80. The van der Waals surface area contributed by atoms with Crippen LogP contribution in [-0.2, 0) is 16.0 Å². The van der Waals surface area contributed by atoms with Crippen molar-refractivity contribution in [3.63, 3.8) is 0 Å². The van der Waals surface area contributed by atoms with Crippen molar-refractivity contribution in [3.05, 3.63) is 36.3 Å². The minimum atomic E-state index is -0.461. The van der Waals surface area contributed by atoms with Gasteiger partial charge in [0.1, 0.15) is 5.65 Å². The maximum atomic E-state index is 12.4. The normalized spacial score (nSPS) is 17.5. The summed E-state index contributed by atoms with van der Waals surface area (Å²) in [5.74, 6) is 0.0436. The Hall–Kier alpha value is -1.92. The molecule has 0 radical (unpaired) electrons. The highest BCUT2D eigenvalue weighted by Crippen LogP contribution is 2.29. The van der Waals surface area contributed by atoms with Crippen LogP contribution >= 0.6 is 0 Å². The largest absolute Gasteiger partial charge is 0.381 e. The minimum absolute atomic E-state index is 0.0436. The number of hydrogen-bond acceptors (Lipinski definition) is 4. The van der Waals surface area contributed by atoms with Crippen LogP contribution in [0.4, 0.5) is 0 Å². The third kappa shape index (κ3) is 2.98. The molecule has 0 aromatic carbocycles. The Morgan fingerprint density at radius 3 is 2.95 bits per heavy atom. The molecule has 6 heteroatoms. The summed E-state index contributed by atoms with van der Waals surface area (Å²) in [6, 6.07) is 5.90. The Balaban J connectivity index is 1.56. The molecule has 118 valence electrons. The van der Waals surface area contributed by atoms with E-state index in [1.807, 2.05) is 35.0 Å². The number of nitrogens with one attached hydrogen (secondary N) is 1. The molecular weight excluding hydrogens is 280 g/mol. The summed E-state index contributed by atoms with van der Waals surface area (Å²) in [6.07, 6.45) is 6.07. The highest BCUT2D eigenvalue weighted by Gasteiger charge is 2.38. The molecule has 1 amide bonds. The van der Waals surface area contributed by atoms with Crippen LogP contribution in [0.3, 0.4) is 0 Å². The number of amides is 1. The predicted octanol–water partition coefficient (Wildman–Crippen LogP) is 0.749. The van der Waals surface area contributed by atoms with E-state index in [1.165, 1.54) is 0 Å². The van der Waals surface area contributed by atoms with E-state index in [4.69, 9.17) is 10.5 Å². The van der Waals surface area contributed by atoms with Gasteiger partial charge in [-0.15, -0.1) is 0 Å². The number of fused-ring (bicyclic) bond motifs is 1. The molecule has 3 heterocycles. The lowest BCUT2D eigenvalue weighted by atomic mass is 9.79. The Morgan fingerprint density at radius 1 is 1.41 bits per heavy atom. The van der Waals surface area contributed by atoms with Gasteiger partial charge >= 0.3 is 0 Å². The molecule has 0 atom stereocenters. The van der Waals surface area contributed by atoms with Crippen molar-refractivity contribution in [1.29, 1.82) is 0 Å². The predicted molar refractivity (Wildman–Crippen MR) is 83.4 cm³/mol. The standard InChI is InChI=1S/C16H22N4O2/c17-12-16(5-9-22-10-6-16)15(21)18-7-4-13-11-20-8-2-1-3-14(20)19-13/h1-3,8,11H,4-7,9-10,12,17H2,(H,18,21). The third-order valence-corrected chi connectivity index (χ3v) is 4.40. The molecule has 2 aromatic rings. The van der Waals surface area contributed by atoms with Gasteiger partial charge in [-0.2, -0.15) is 0 Å². The Kier molecular flexibility index (Phi) is 4.40. The molecule has 1 aliphatic rings. The first kappa shape index (κ1) is 15.0. The highest BCUT2D eigenvalue weighted by molar-refractivity contribution is 5.83. The highest BCUT2D eigenvalue weighted by atomic mass is 16.5. The number of imidazole rings is 1. The molecule has 1 saturated heterocycles. The molecule has 22 heavy (non-hydrogen) atoms. The van der Waals surface area contributed by atoms with Crippen LogP contribution in [-0.4, -0.2) is 41.6 Å². The number of carbonyl (C=O) groups is 1. The summed E-state index contributed by atoms with van der Waals surface area (Å²) >= 11 is 0. The van der Waals surface area contributed by atoms with Crippen molar-refractivity contribution in [3.8, 4) is 0 Å². The number of nitrogens with zero attached hydrogens (tertiary/aromatic N) is 2. The maximum absolute atomic E-state index is 12.4. The summed E-state index contributed by atoms with van der Waals surface area (Å²) in [7, 11) is 0. The fourth-order valence-electron chi connectivity index (χ4n) is 2.89. The zero-order chi connectivity index (χ0) is 15.4. The first-order chi connectivity index (χ1) is 10.7.